The Balaban J connectivity index is 2.25. The molecule has 0 saturated heterocycles. The normalized spacial score (nSPS) is 10.1. The van der Waals surface area contributed by atoms with Gasteiger partial charge in [0.2, 0.25) is 0 Å². The number of hydrogen-bond acceptors (Lipinski definition) is 4. The van der Waals surface area contributed by atoms with Gasteiger partial charge in [-0.15, -0.1) is 0 Å². The van der Waals surface area contributed by atoms with Crippen LogP contribution in [-0.2, 0) is 0 Å². The zero-order chi connectivity index (χ0) is 16.3. The van der Waals surface area contributed by atoms with Crippen LogP contribution in [0.4, 0.5) is 17.1 Å². The predicted octanol–water partition coefficient (Wildman–Crippen LogP) is 3.57. The molecule has 1 N–H and O–H groups in total. The first-order valence-corrected chi connectivity index (χ1v) is 6.79. The highest BCUT2D eigenvalue weighted by atomic mass is 35.5. The summed E-state index contributed by atoms with van der Waals surface area (Å²) in [4.78, 5) is 24.5. The fraction of sp³-hybridized carbons (Fsp3) is 0.133. The smallest absolute Gasteiger partial charge is 0.282 e. The Hall–Kier alpha value is -2.60. The SMILES string of the molecule is CN(C)c1ccc(NC(=O)c2cc(Cl)ccc2[N+](=O)[O-])cc1. The maximum absolute atomic E-state index is 12.2. The number of carbonyl (C=O) groups is 1. The number of rotatable bonds is 4. The minimum atomic E-state index is -0.611. The number of nitro groups is 1. The molecule has 2 rings (SSSR count). The van der Waals surface area contributed by atoms with Crippen molar-refractivity contribution in [1.82, 2.24) is 0 Å². The van der Waals surface area contributed by atoms with Gasteiger partial charge in [0, 0.05) is 36.6 Å². The van der Waals surface area contributed by atoms with Gasteiger partial charge >= 0.3 is 0 Å². The number of benzene rings is 2. The van der Waals surface area contributed by atoms with Gasteiger partial charge in [0.1, 0.15) is 5.56 Å². The van der Waals surface area contributed by atoms with Crippen LogP contribution in [0.1, 0.15) is 10.4 Å². The molecule has 0 radical (unpaired) electrons. The molecule has 0 atom stereocenters. The average Bonchev–Trinajstić information content (AvgIpc) is 2.47. The summed E-state index contributed by atoms with van der Waals surface area (Å²) >= 11 is 5.82. The van der Waals surface area contributed by atoms with Crippen LogP contribution in [0.15, 0.2) is 42.5 Å². The zero-order valence-electron chi connectivity index (χ0n) is 12.0. The summed E-state index contributed by atoms with van der Waals surface area (Å²) in [6.45, 7) is 0. The second-order valence-corrected chi connectivity index (χ2v) is 5.25. The summed E-state index contributed by atoms with van der Waals surface area (Å²) in [5.41, 5.74) is 1.16. The average molecular weight is 320 g/mol. The lowest BCUT2D eigenvalue weighted by Crippen LogP contribution is -2.14. The van der Waals surface area contributed by atoms with E-state index in [1.54, 1.807) is 12.1 Å². The molecule has 114 valence electrons. The van der Waals surface area contributed by atoms with Crippen LogP contribution in [0.5, 0.6) is 0 Å². The summed E-state index contributed by atoms with van der Waals surface area (Å²) in [6, 6.07) is 11.0. The van der Waals surface area contributed by atoms with Gasteiger partial charge in [-0.25, -0.2) is 0 Å². The second-order valence-electron chi connectivity index (χ2n) is 4.81. The molecule has 0 aliphatic rings. The molecule has 0 aliphatic heterocycles. The summed E-state index contributed by atoms with van der Waals surface area (Å²) in [7, 11) is 3.81. The highest BCUT2D eigenvalue weighted by Crippen LogP contribution is 2.24. The van der Waals surface area contributed by atoms with Crippen LogP contribution in [0, 0.1) is 10.1 Å². The van der Waals surface area contributed by atoms with Gasteiger partial charge in [-0.05, 0) is 36.4 Å². The van der Waals surface area contributed by atoms with Gasteiger partial charge in [-0.3, -0.25) is 14.9 Å². The Morgan fingerprint density at radius 1 is 1.18 bits per heavy atom. The molecule has 22 heavy (non-hydrogen) atoms. The van der Waals surface area contributed by atoms with Crippen molar-refractivity contribution < 1.29 is 9.72 Å². The van der Waals surface area contributed by atoms with Crippen molar-refractivity contribution in [3.63, 3.8) is 0 Å². The fourth-order valence-corrected chi connectivity index (χ4v) is 2.06. The number of amides is 1. The Morgan fingerprint density at radius 3 is 2.36 bits per heavy atom. The third-order valence-corrected chi connectivity index (χ3v) is 3.28. The van der Waals surface area contributed by atoms with Gasteiger partial charge in [-0.1, -0.05) is 11.6 Å². The van der Waals surface area contributed by atoms with E-state index in [0.717, 1.165) is 5.69 Å². The van der Waals surface area contributed by atoms with E-state index in [1.165, 1.54) is 18.2 Å². The van der Waals surface area contributed by atoms with Crippen LogP contribution in [-0.4, -0.2) is 24.9 Å². The van der Waals surface area contributed by atoms with Crippen molar-refractivity contribution in [1.29, 1.82) is 0 Å². The molecule has 0 saturated carbocycles. The number of halogens is 1. The largest absolute Gasteiger partial charge is 0.378 e. The van der Waals surface area contributed by atoms with Crippen molar-refractivity contribution in [2.24, 2.45) is 0 Å². The Morgan fingerprint density at radius 2 is 1.82 bits per heavy atom. The lowest BCUT2D eigenvalue weighted by Gasteiger charge is -2.13. The molecule has 0 fully saturated rings. The van der Waals surface area contributed by atoms with Crippen LogP contribution < -0.4 is 10.2 Å². The molecule has 2 aromatic rings. The number of hydrogen-bond donors (Lipinski definition) is 1. The van der Waals surface area contributed by atoms with Crippen LogP contribution >= 0.6 is 11.6 Å². The van der Waals surface area contributed by atoms with Crippen molar-refractivity contribution in [3.05, 3.63) is 63.2 Å². The first-order chi connectivity index (χ1) is 10.4. The van der Waals surface area contributed by atoms with Gasteiger partial charge in [0.15, 0.2) is 0 Å². The lowest BCUT2D eigenvalue weighted by molar-refractivity contribution is -0.385. The molecule has 6 nitrogen and oxygen atoms in total. The third-order valence-electron chi connectivity index (χ3n) is 3.04. The quantitative estimate of drug-likeness (QED) is 0.690. The maximum Gasteiger partial charge on any atom is 0.282 e. The number of nitrogens with one attached hydrogen (secondary N) is 1. The summed E-state index contributed by atoms with van der Waals surface area (Å²) in [5.74, 6) is -0.577. The van der Waals surface area contributed by atoms with E-state index >= 15 is 0 Å². The molecule has 7 heteroatoms. The van der Waals surface area contributed by atoms with Gasteiger partial charge in [0.05, 0.1) is 4.92 Å². The Bertz CT molecular complexity index is 714. The molecule has 0 unspecified atom stereocenters. The van der Waals surface area contributed by atoms with Gasteiger partial charge in [0.25, 0.3) is 11.6 Å². The molecule has 0 aliphatic carbocycles. The molecule has 1 amide bonds. The monoisotopic (exact) mass is 319 g/mol. The zero-order valence-corrected chi connectivity index (χ0v) is 12.8. The molecule has 0 aromatic heterocycles. The summed E-state index contributed by atoms with van der Waals surface area (Å²) < 4.78 is 0. The molecule has 2 aromatic carbocycles. The molecule has 0 bridgehead atoms. The summed E-state index contributed by atoms with van der Waals surface area (Å²) in [6.07, 6.45) is 0. The van der Waals surface area contributed by atoms with Crippen molar-refractivity contribution in [3.8, 4) is 0 Å². The van der Waals surface area contributed by atoms with E-state index in [2.05, 4.69) is 5.32 Å². The third kappa shape index (κ3) is 3.53. The maximum atomic E-state index is 12.2. The number of nitrogens with zero attached hydrogens (tertiary/aromatic N) is 2. The Kier molecular flexibility index (Phi) is 4.62. The van der Waals surface area contributed by atoms with Gasteiger partial charge in [-0.2, -0.15) is 0 Å². The van der Waals surface area contributed by atoms with E-state index in [-0.39, 0.29) is 16.3 Å². The topological polar surface area (TPSA) is 75.5 Å². The van der Waals surface area contributed by atoms with Crippen LogP contribution in [0.2, 0.25) is 5.02 Å². The molecular weight excluding hydrogens is 306 g/mol. The molecule has 0 heterocycles. The van der Waals surface area contributed by atoms with E-state index in [0.29, 0.717) is 5.69 Å². The highest BCUT2D eigenvalue weighted by molar-refractivity contribution is 6.31. The first kappa shape index (κ1) is 15.8. The number of anilines is 2. The predicted molar refractivity (Wildman–Crippen MR) is 86.8 cm³/mol. The highest BCUT2D eigenvalue weighted by Gasteiger charge is 2.20. The lowest BCUT2D eigenvalue weighted by atomic mass is 10.1. The van der Waals surface area contributed by atoms with E-state index in [9.17, 15) is 14.9 Å². The molecular formula is C15H14ClN3O3. The van der Waals surface area contributed by atoms with Crippen molar-refractivity contribution in [2.45, 2.75) is 0 Å². The second kappa shape index (κ2) is 6.44. The van der Waals surface area contributed by atoms with Crippen molar-refractivity contribution in [2.75, 3.05) is 24.3 Å². The Labute approximate surface area is 132 Å². The van der Waals surface area contributed by atoms with E-state index in [4.69, 9.17) is 11.6 Å². The minimum absolute atomic E-state index is 0.0748. The number of nitro benzene ring substituents is 1. The number of carbonyl (C=O) groups excluding carboxylic acids is 1. The van der Waals surface area contributed by atoms with E-state index < -0.39 is 10.8 Å². The molecule has 0 spiro atoms. The fourth-order valence-electron chi connectivity index (χ4n) is 1.89. The first-order valence-electron chi connectivity index (χ1n) is 6.41. The minimum Gasteiger partial charge on any atom is -0.378 e. The van der Waals surface area contributed by atoms with E-state index in [1.807, 2.05) is 31.1 Å². The standard InChI is InChI=1S/C15H14ClN3O3/c1-18(2)12-6-4-11(5-7-12)17-15(20)13-9-10(16)3-8-14(13)19(21)22/h3-9H,1-2H3,(H,17,20). The van der Waals surface area contributed by atoms with Crippen LogP contribution in [0.3, 0.4) is 0 Å². The van der Waals surface area contributed by atoms with Crippen molar-refractivity contribution >= 4 is 34.6 Å². The van der Waals surface area contributed by atoms with Crippen LogP contribution in [0.25, 0.3) is 0 Å². The van der Waals surface area contributed by atoms with Gasteiger partial charge < -0.3 is 10.2 Å². The summed E-state index contributed by atoms with van der Waals surface area (Å²) in [5, 5.41) is 13.9.